The van der Waals surface area contributed by atoms with Gasteiger partial charge in [0.25, 0.3) is 5.91 Å². The van der Waals surface area contributed by atoms with Crippen LogP contribution in [0.15, 0.2) is 35.3 Å². The fourth-order valence-electron chi connectivity index (χ4n) is 2.92. The average molecular weight is 385 g/mol. The van der Waals surface area contributed by atoms with Crippen molar-refractivity contribution in [3.63, 3.8) is 0 Å². The van der Waals surface area contributed by atoms with E-state index >= 15 is 0 Å². The molecule has 0 fully saturated rings. The summed E-state index contributed by atoms with van der Waals surface area (Å²) in [5.74, 6) is 0.827. The summed E-state index contributed by atoms with van der Waals surface area (Å²) in [4.78, 5) is 18.1. The second kappa shape index (κ2) is 7.80. The molecule has 0 unspecified atom stereocenters. The molecule has 0 aliphatic carbocycles. The fraction of sp³-hybridized carbons (Fsp3) is 0.333. The van der Waals surface area contributed by atoms with E-state index in [-0.39, 0.29) is 5.91 Å². The second-order valence-electron chi connectivity index (χ2n) is 6.67. The zero-order valence-corrected chi connectivity index (χ0v) is 17.6. The molecule has 0 aliphatic heterocycles. The van der Waals surface area contributed by atoms with Crippen molar-refractivity contribution in [2.24, 2.45) is 4.99 Å². The molecule has 136 valence electrons. The summed E-state index contributed by atoms with van der Waals surface area (Å²) in [6.07, 6.45) is 2.10. The van der Waals surface area contributed by atoms with Crippen LogP contribution in [0.4, 0.5) is 0 Å². The van der Waals surface area contributed by atoms with Crippen molar-refractivity contribution >= 4 is 39.2 Å². The van der Waals surface area contributed by atoms with Crippen molar-refractivity contribution in [3.05, 3.63) is 63.0 Å². The number of carbonyl (C=O) groups excluding carboxylic acids is 1. The minimum Gasteiger partial charge on any atom is -0.315 e. The molecular formula is C21H24N2OS2. The van der Waals surface area contributed by atoms with Crippen LogP contribution in [-0.4, -0.2) is 22.5 Å². The van der Waals surface area contributed by atoms with Gasteiger partial charge in [-0.15, -0.1) is 0 Å². The SMILES string of the molecule is CSCCn1c(=NC(=O)c2cc(C)ccc2C)sc2cc(C)c(C)cc21. The minimum atomic E-state index is -0.163. The van der Waals surface area contributed by atoms with Crippen LogP contribution < -0.4 is 4.80 Å². The molecule has 3 rings (SSSR count). The maximum atomic E-state index is 12.8. The van der Waals surface area contributed by atoms with Crippen LogP contribution in [0.1, 0.15) is 32.6 Å². The van der Waals surface area contributed by atoms with Gasteiger partial charge in [0.2, 0.25) is 0 Å². The Morgan fingerprint density at radius 1 is 1.08 bits per heavy atom. The lowest BCUT2D eigenvalue weighted by atomic mass is 10.1. The monoisotopic (exact) mass is 384 g/mol. The third-order valence-corrected chi connectivity index (χ3v) is 6.27. The number of thioether (sulfide) groups is 1. The van der Waals surface area contributed by atoms with Gasteiger partial charge in [-0.25, -0.2) is 0 Å². The summed E-state index contributed by atoms with van der Waals surface area (Å²) in [5.41, 5.74) is 6.43. The van der Waals surface area contributed by atoms with Crippen LogP contribution in [0.2, 0.25) is 0 Å². The normalized spacial score (nSPS) is 12.1. The molecule has 0 atom stereocenters. The Balaban J connectivity index is 2.17. The van der Waals surface area contributed by atoms with Gasteiger partial charge in [0, 0.05) is 17.9 Å². The molecule has 0 N–H and O–H groups in total. The Hall–Kier alpha value is -1.85. The third-order valence-electron chi connectivity index (χ3n) is 4.64. The van der Waals surface area contributed by atoms with Gasteiger partial charge in [-0.1, -0.05) is 29.0 Å². The zero-order valence-electron chi connectivity index (χ0n) is 15.9. The number of carbonyl (C=O) groups is 1. The molecular weight excluding hydrogens is 360 g/mol. The van der Waals surface area contributed by atoms with Crippen LogP contribution in [0.5, 0.6) is 0 Å². The first-order chi connectivity index (χ1) is 12.4. The van der Waals surface area contributed by atoms with Gasteiger partial charge in [-0.2, -0.15) is 16.8 Å². The Morgan fingerprint density at radius 2 is 1.81 bits per heavy atom. The molecule has 0 saturated heterocycles. The van der Waals surface area contributed by atoms with Crippen molar-refractivity contribution in [1.82, 2.24) is 4.57 Å². The zero-order chi connectivity index (χ0) is 18.8. The second-order valence-corrected chi connectivity index (χ2v) is 8.66. The van der Waals surface area contributed by atoms with Gasteiger partial charge < -0.3 is 4.57 Å². The quantitative estimate of drug-likeness (QED) is 0.631. The van der Waals surface area contributed by atoms with Crippen molar-refractivity contribution in [3.8, 4) is 0 Å². The summed E-state index contributed by atoms with van der Waals surface area (Å²) in [6.45, 7) is 9.06. The lowest BCUT2D eigenvalue weighted by Gasteiger charge is -2.06. The smallest absolute Gasteiger partial charge is 0.279 e. The van der Waals surface area contributed by atoms with Crippen LogP contribution in [0, 0.1) is 27.7 Å². The molecule has 26 heavy (non-hydrogen) atoms. The summed E-state index contributed by atoms with van der Waals surface area (Å²) < 4.78 is 3.37. The van der Waals surface area contributed by atoms with E-state index < -0.39 is 0 Å². The van der Waals surface area contributed by atoms with E-state index in [0.29, 0.717) is 5.56 Å². The van der Waals surface area contributed by atoms with E-state index in [1.54, 1.807) is 23.1 Å². The number of rotatable bonds is 4. The highest BCUT2D eigenvalue weighted by Crippen LogP contribution is 2.22. The van der Waals surface area contributed by atoms with Crippen LogP contribution >= 0.6 is 23.1 Å². The highest BCUT2D eigenvalue weighted by atomic mass is 32.2. The maximum Gasteiger partial charge on any atom is 0.279 e. The van der Waals surface area contributed by atoms with E-state index in [9.17, 15) is 4.79 Å². The number of aryl methyl sites for hydroxylation is 5. The topological polar surface area (TPSA) is 34.4 Å². The van der Waals surface area contributed by atoms with Gasteiger partial charge in [-0.3, -0.25) is 4.79 Å². The standard InChI is InChI=1S/C21H24N2OS2/c1-13-6-7-14(2)17(10-13)20(24)22-21-23(8-9-25-5)18-11-15(3)16(4)12-19(18)26-21/h6-7,10-12H,8-9H2,1-5H3. The van der Waals surface area contributed by atoms with Crippen molar-refractivity contribution < 1.29 is 4.79 Å². The minimum absolute atomic E-state index is 0.163. The molecule has 3 nitrogen and oxygen atoms in total. The van der Waals surface area contributed by atoms with E-state index in [0.717, 1.165) is 28.2 Å². The Kier molecular flexibility index (Phi) is 5.68. The molecule has 3 aromatic rings. The fourth-order valence-corrected chi connectivity index (χ4v) is 4.42. The number of fused-ring (bicyclic) bond motifs is 1. The maximum absolute atomic E-state index is 12.8. The first-order valence-electron chi connectivity index (χ1n) is 8.66. The van der Waals surface area contributed by atoms with Gasteiger partial charge in [0.15, 0.2) is 4.80 Å². The van der Waals surface area contributed by atoms with E-state index in [1.165, 1.54) is 21.3 Å². The summed E-state index contributed by atoms with van der Waals surface area (Å²) in [7, 11) is 0. The molecule has 0 aliphatic rings. The molecule has 0 saturated carbocycles. The molecule has 0 spiro atoms. The number of nitrogens with zero attached hydrogens (tertiary/aromatic N) is 2. The molecule has 5 heteroatoms. The van der Waals surface area contributed by atoms with Crippen LogP contribution in [0.3, 0.4) is 0 Å². The molecule has 1 heterocycles. The molecule has 0 radical (unpaired) electrons. The van der Waals surface area contributed by atoms with Gasteiger partial charge >= 0.3 is 0 Å². The summed E-state index contributed by atoms with van der Waals surface area (Å²) >= 11 is 3.40. The first kappa shape index (κ1) is 18.9. The Labute approximate surface area is 162 Å². The molecule has 1 aromatic heterocycles. The highest BCUT2D eigenvalue weighted by molar-refractivity contribution is 7.98. The Morgan fingerprint density at radius 3 is 2.54 bits per heavy atom. The van der Waals surface area contributed by atoms with Crippen molar-refractivity contribution in [1.29, 1.82) is 0 Å². The predicted octanol–water partition coefficient (Wildman–Crippen LogP) is 5.04. The molecule has 0 bridgehead atoms. The van der Waals surface area contributed by atoms with E-state index in [4.69, 9.17) is 0 Å². The predicted molar refractivity (Wildman–Crippen MR) is 113 cm³/mol. The number of amides is 1. The molecule has 1 amide bonds. The number of thiazole rings is 1. The number of benzene rings is 2. The summed E-state index contributed by atoms with van der Waals surface area (Å²) in [6, 6.07) is 10.3. The lowest BCUT2D eigenvalue weighted by Crippen LogP contribution is -2.18. The van der Waals surface area contributed by atoms with Crippen molar-refractivity contribution in [2.75, 3.05) is 12.0 Å². The number of aromatic nitrogens is 1. The van der Waals surface area contributed by atoms with Crippen LogP contribution in [-0.2, 0) is 6.54 Å². The van der Waals surface area contributed by atoms with E-state index in [2.05, 4.69) is 41.8 Å². The van der Waals surface area contributed by atoms with Gasteiger partial charge in [-0.05, 0) is 68.8 Å². The van der Waals surface area contributed by atoms with Crippen molar-refractivity contribution in [2.45, 2.75) is 34.2 Å². The average Bonchev–Trinajstić information content (AvgIpc) is 2.91. The lowest BCUT2D eigenvalue weighted by molar-refractivity contribution is 0.0997. The Bertz CT molecular complexity index is 1040. The van der Waals surface area contributed by atoms with E-state index in [1.807, 2.05) is 32.0 Å². The van der Waals surface area contributed by atoms with Gasteiger partial charge in [0.1, 0.15) is 0 Å². The highest BCUT2D eigenvalue weighted by Gasteiger charge is 2.12. The van der Waals surface area contributed by atoms with Gasteiger partial charge in [0.05, 0.1) is 10.2 Å². The third kappa shape index (κ3) is 3.79. The first-order valence-corrected chi connectivity index (χ1v) is 10.9. The number of hydrogen-bond acceptors (Lipinski definition) is 3. The number of hydrogen-bond donors (Lipinski definition) is 0. The summed E-state index contributed by atoms with van der Waals surface area (Å²) in [5, 5.41) is 0. The largest absolute Gasteiger partial charge is 0.315 e. The van der Waals surface area contributed by atoms with Crippen LogP contribution in [0.25, 0.3) is 10.2 Å². The molecule has 2 aromatic carbocycles.